The largest absolute Gasteiger partial charge is 0.265 e. The minimum atomic E-state index is 0.648. The molecule has 1 aliphatic heterocycles. The molecular weight excluding hydrogens is 76.1 g/mol. The van der Waals surface area contributed by atoms with Gasteiger partial charge in [-0.3, -0.25) is 4.99 Å². The molecule has 0 aromatic rings. The number of hydrogen-bond donors (Lipinski definition) is 0. The van der Waals surface area contributed by atoms with E-state index in [-0.39, 0.29) is 0 Å². The Morgan fingerprint density at radius 1 is 1.83 bits per heavy atom. The van der Waals surface area contributed by atoms with Crippen LogP contribution >= 0.6 is 0 Å². The molecule has 1 radical (unpaired) electrons. The van der Waals surface area contributed by atoms with E-state index in [1.165, 1.54) is 0 Å². The van der Waals surface area contributed by atoms with Crippen LogP contribution in [0.25, 0.3) is 0 Å². The van der Waals surface area contributed by atoms with E-state index in [0.717, 1.165) is 6.54 Å². The second kappa shape index (κ2) is 1.20. The summed E-state index contributed by atoms with van der Waals surface area (Å²) < 4.78 is 0. The standard InChI is InChI=1S/C4H5N2/c1-4-5-2-3-6-4/h2H,1,3H2. The summed E-state index contributed by atoms with van der Waals surface area (Å²) in [6.45, 7) is 4.21. The fourth-order valence-corrected chi connectivity index (χ4v) is 0.333. The summed E-state index contributed by atoms with van der Waals surface area (Å²) in [5.41, 5.74) is 0. The zero-order valence-corrected chi connectivity index (χ0v) is 3.39. The van der Waals surface area contributed by atoms with Crippen molar-refractivity contribution in [3.05, 3.63) is 6.92 Å². The van der Waals surface area contributed by atoms with Gasteiger partial charge in [0.2, 0.25) is 0 Å². The van der Waals surface area contributed by atoms with E-state index in [1.807, 2.05) is 0 Å². The highest BCUT2D eigenvalue weighted by Gasteiger charge is 1.87. The fraction of sp³-hybridized carbons (Fsp3) is 0.250. The summed E-state index contributed by atoms with van der Waals surface area (Å²) in [6.07, 6.45) is 1.74. The van der Waals surface area contributed by atoms with Gasteiger partial charge >= 0.3 is 0 Å². The average Bonchev–Trinajstić information content (AvgIpc) is 1.86. The lowest BCUT2D eigenvalue weighted by atomic mass is 10.7. The molecule has 0 spiro atoms. The van der Waals surface area contributed by atoms with Crippen molar-refractivity contribution in [2.45, 2.75) is 0 Å². The minimum absolute atomic E-state index is 0.648. The van der Waals surface area contributed by atoms with Gasteiger partial charge in [-0.25, -0.2) is 4.99 Å². The van der Waals surface area contributed by atoms with Crippen molar-refractivity contribution in [1.82, 2.24) is 0 Å². The molecule has 2 nitrogen and oxygen atoms in total. The number of hydrogen-bond acceptors (Lipinski definition) is 2. The molecule has 0 N–H and O–H groups in total. The van der Waals surface area contributed by atoms with Gasteiger partial charge in [-0.2, -0.15) is 0 Å². The van der Waals surface area contributed by atoms with E-state index in [4.69, 9.17) is 0 Å². The van der Waals surface area contributed by atoms with E-state index in [9.17, 15) is 0 Å². The molecule has 1 aliphatic rings. The Morgan fingerprint density at radius 3 is 2.83 bits per heavy atom. The molecule has 1 rings (SSSR count). The summed E-state index contributed by atoms with van der Waals surface area (Å²) in [6, 6.07) is 0. The molecule has 0 bridgehead atoms. The molecule has 6 heavy (non-hydrogen) atoms. The monoisotopic (exact) mass is 81.0 g/mol. The van der Waals surface area contributed by atoms with Crippen LogP contribution in [0.3, 0.4) is 0 Å². The van der Waals surface area contributed by atoms with Crippen LogP contribution in [0.4, 0.5) is 0 Å². The molecule has 0 aromatic carbocycles. The molecule has 0 amide bonds. The van der Waals surface area contributed by atoms with Gasteiger partial charge in [0.25, 0.3) is 0 Å². The van der Waals surface area contributed by atoms with E-state index in [0.29, 0.717) is 5.84 Å². The summed E-state index contributed by atoms with van der Waals surface area (Å²) in [4.78, 5) is 7.57. The lowest BCUT2D eigenvalue weighted by Crippen LogP contribution is -1.74. The first-order valence-corrected chi connectivity index (χ1v) is 1.78. The third kappa shape index (κ3) is 0.455. The molecule has 0 unspecified atom stereocenters. The third-order valence-corrected chi connectivity index (χ3v) is 0.596. The predicted octanol–water partition coefficient (Wildman–Crippen LogP) is 0.303. The van der Waals surface area contributed by atoms with Gasteiger partial charge in [0, 0.05) is 13.1 Å². The molecule has 0 fully saturated rings. The van der Waals surface area contributed by atoms with Gasteiger partial charge < -0.3 is 0 Å². The highest BCUT2D eigenvalue weighted by Crippen LogP contribution is 1.83. The second-order valence-electron chi connectivity index (χ2n) is 1.07. The van der Waals surface area contributed by atoms with Crippen LogP contribution in [0.15, 0.2) is 9.98 Å². The third-order valence-electron chi connectivity index (χ3n) is 0.596. The van der Waals surface area contributed by atoms with Crippen LogP contribution in [0.5, 0.6) is 0 Å². The molecule has 0 saturated heterocycles. The molecule has 0 aliphatic carbocycles. The molecule has 31 valence electrons. The average molecular weight is 81.1 g/mol. The van der Waals surface area contributed by atoms with Gasteiger partial charge in [0.15, 0.2) is 0 Å². The number of aliphatic imine (C=N–C) groups is 2. The second-order valence-corrected chi connectivity index (χ2v) is 1.07. The van der Waals surface area contributed by atoms with Crippen molar-refractivity contribution in [3.63, 3.8) is 0 Å². The van der Waals surface area contributed by atoms with E-state index in [1.54, 1.807) is 6.21 Å². The van der Waals surface area contributed by atoms with Crippen molar-refractivity contribution in [1.29, 1.82) is 0 Å². The van der Waals surface area contributed by atoms with Crippen LogP contribution in [-0.2, 0) is 0 Å². The zero-order valence-electron chi connectivity index (χ0n) is 3.39. The molecule has 0 aromatic heterocycles. The van der Waals surface area contributed by atoms with Gasteiger partial charge in [0.1, 0.15) is 5.84 Å². The maximum atomic E-state index is 3.82. The van der Waals surface area contributed by atoms with Gasteiger partial charge in [-0.05, 0) is 0 Å². The fourth-order valence-electron chi connectivity index (χ4n) is 0.333. The van der Waals surface area contributed by atoms with Crippen LogP contribution in [0.2, 0.25) is 0 Å². The first-order chi connectivity index (χ1) is 2.89. The van der Waals surface area contributed by atoms with Crippen LogP contribution in [0, 0.1) is 6.92 Å². The van der Waals surface area contributed by atoms with Crippen LogP contribution in [-0.4, -0.2) is 18.6 Å². The molecule has 2 heteroatoms. The maximum absolute atomic E-state index is 3.82. The summed E-state index contributed by atoms with van der Waals surface area (Å²) in [5, 5.41) is 0. The topological polar surface area (TPSA) is 24.7 Å². The number of nitrogens with zero attached hydrogens (tertiary/aromatic N) is 2. The Morgan fingerprint density at radius 2 is 2.67 bits per heavy atom. The predicted molar refractivity (Wildman–Crippen MR) is 26.2 cm³/mol. The van der Waals surface area contributed by atoms with Gasteiger partial charge in [0.05, 0.1) is 6.54 Å². The lowest BCUT2D eigenvalue weighted by Gasteiger charge is -1.71. The van der Waals surface area contributed by atoms with Crippen molar-refractivity contribution in [2.75, 3.05) is 6.54 Å². The SMILES string of the molecule is [CH2]C1=NCC=N1. The van der Waals surface area contributed by atoms with Crippen molar-refractivity contribution in [3.8, 4) is 0 Å². The molecule has 0 atom stereocenters. The zero-order chi connectivity index (χ0) is 4.41. The molecular formula is C4H5N2. The van der Waals surface area contributed by atoms with E-state index in [2.05, 4.69) is 16.9 Å². The lowest BCUT2D eigenvalue weighted by molar-refractivity contribution is 1.37. The maximum Gasteiger partial charge on any atom is 0.123 e. The minimum Gasteiger partial charge on any atom is -0.265 e. The Kier molecular flexibility index (Phi) is 0.708. The van der Waals surface area contributed by atoms with Crippen LogP contribution in [0.1, 0.15) is 0 Å². The molecule has 0 saturated carbocycles. The van der Waals surface area contributed by atoms with Crippen LogP contribution < -0.4 is 0 Å². The molecule has 1 heterocycles. The van der Waals surface area contributed by atoms with Gasteiger partial charge in [-0.1, -0.05) is 0 Å². The normalized spacial score (nSPS) is 18.5. The van der Waals surface area contributed by atoms with Gasteiger partial charge in [-0.15, -0.1) is 0 Å². The number of amidine groups is 1. The summed E-state index contributed by atoms with van der Waals surface area (Å²) in [5.74, 6) is 0.648. The highest BCUT2D eigenvalue weighted by atomic mass is 15.0. The van der Waals surface area contributed by atoms with E-state index < -0.39 is 0 Å². The Balaban J connectivity index is 2.68. The number of rotatable bonds is 0. The van der Waals surface area contributed by atoms with Crippen molar-refractivity contribution < 1.29 is 0 Å². The Labute approximate surface area is 36.6 Å². The van der Waals surface area contributed by atoms with E-state index >= 15 is 0 Å². The first kappa shape index (κ1) is 3.53. The highest BCUT2D eigenvalue weighted by molar-refractivity contribution is 5.97. The smallest absolute Gasteiger partial charge is 0.123 e. The Bertz CT molecular complexity index is 99.4. The van der Waals surface area contributed by atoms with Crippen molar-refractivity contribution in [2.24, 2.45) is 9.98 Å². The Hall–Kier alpha value is -0.660. The van der Waals surface area contributed by atoms with Crippen molar-refractivity contribution >= 4 is 12.1 Å². The quantitative estimate of drug-likeness (QED) is 0.400. The first-order valence-electron chi connectivity index (χ1n) is 1.78. The summed E-state index contributed by atoms with van der Waals surface area (Å²) in [7, 11) is 0. The summed E-state index contributed by atoms with van der Waals surface area (Å²) >= 11 is 0.